The minimum atomic E-state index is -3.77. The Balaban J connectivity index is 1.61. The lowest BCUT2D eigenvalue weighted by Gasteiger charge is -2.22. The third-order valence-electron chi connectivity index (χ3n) is 4.58. The van der Waals surface area contributed by atoms with E-state index in [1.165, 1.54) is 33.5 Å². The second-order valence-corrected chi connectivity index (χ2v) is 9.74. The van der Waals surface area contributed by atoms with Crippen molar-refractivity contribution in [2.45, 2.75) is 11.3 Å². The van der Waals surface area contributed by atoms with Crippen LogP contribution in [0.1, 0.15) is 6.42 Å². The van der Waals surface area contributed by atoms with E-state index in [1.54, 1.807) is 0 Å². The highest BCUT2D eigenvalue weighted by Gasteiger charge is 2.28. The summed E-state index contributed by atoms with van der Waals surface area (Å²) in [7, 11) is -3.77. The Morgan fingerprint density at radius 3 is 2.33 bits per heavy atom. The predicted octanol–water partition coefficient (Wildman–Crippen LogP) is 4.09. The molecule has 1 aliphatic rings. The topological polar surface area (TPSA) is 66.9 Å². The van der Waals surface area contributed by atoms with Gasteiger partial charge in [-0.25, -0.2) is 12.8 Å². The fourth-order valence-electron chi connectivity index (χ4n) is 2.98. The van der Waals surface area contributed by atoms with E-state index >= 15 is 0 Å². The Bertz CT molecular complexity index is 1030. The first-order valence-electron chi connectivity index (χ1n) is 8.99. The number of rotatable bonds is 5. The molecular weight excluding hydrogens is 478 g/mol. The quantitative estimate of drug-likeness (QED) is 0.586. The van der Waals surface area contributed by atoms with Crippen LogP contribution in [0.25, 0.3) is 0 Å². The standard InChI is InChI=1S/C19H18Cl3FN2O4S/c20-15-10-17(22)18(11-16(15)21)29-12-19(26)24-6-1-7-25(9-8-24)30(27,28)14-4-2-13(23)3-5-14/h2-5,10-11H,1,6-9,12H2. The van der Waals surface area contributed by atoms with Gasteiger partial charge in [-0.3, -0.25) is 4.79 Å². The summed E-state index contributed by atoms with van der Waals surface area (Å²) in [6.07, 6.45) is 0.458. The van der Waals surface area contributed by atoms with Crippen LogP contribution in [0.4, 0.5) is 4.39 Å². The summed E-state index contributed by atoms with van der Waals surface area (Å²) in [5.41, 5.74) is 0. The molecule has 1 heterocycles. The molecule has 1 fully saturated rings. The van der Waals surface area contributed by atoms with Crippen LogP contribution in [-0.2, 0) is 14.8 Å². The molecule has 0 radical (unpaired) electrons. The smallest absolute Gasteiger partial charge is 0.260 e. The summed E-state index contributed by atoms with van der Waals surface area (Å²) in [5, 5.41) is 0.750. The maximum Gasteiger partial charge on any atom is 0.260 e. The van der Waals surface area contributed by atoms with Crippen molar-refractivity contribution in [1.82, 2.24) is 9.21 Å². The largest absolute Gasteiger partial charge is 0.482 e. The van der Waals surface area contributed by atoms with Gasteiger partial charge in [0.1, 0.15) is 11.6 Å². The first kappa shape index (κ1) is 23.1. The zero-order valence-electron chi connectivity index (χ0n) is 15.7. The second-order valence-electron chi connectivity index (χ2n) is 6.58. The number of ether oxygens (including phenoxy) is 1. The summed E-state index contributed by atoms with van der Waals surface area (Å²) in [5.74, 6) is -0.586. The lowest BCUT2D eigenvalue weighted by molar-refractivity contribution is -0.133. The summed E-state index contributed by atoms with van der Waals surface area (Å²) in [4.78, 5) is 14.1. The van der Waals surface area contributed by atoms with Gasteiger partial charge in [-0.05, 0) is 36.8 Å². The third-order valence-corrected chi connectivity index (χ3v) is 7.52. The molecule has 0 N–H and O–H groups in total. The van der Waals surface area contributed by atoms with E-state index in [9.17, 15) is 17.6 Å². The minimum Gasteiger partial charge on any atom is -0.482 e. The summed E-state index contributed by atoms with van der Waals surface area (Å²) >= 11 is 17.9. The van der Waals surface area contributed by atoms with Crippen LogP contribution in [0.5, 0.6) is 5.75 Å². The van der Waals surface area contributed by atoms with E-state index in [0.29, 0.717) is 13.0 Å². The molecule has 2 aromatic rings. The Morgan fingerprint density at radius 2 is 1.63 bits per heavy atom. The van der Waals surface area contributed by atoms with Crippen LogP contribution < -0.4 is 4.74 Å². The molecule has 162 valence electrons. The van der Waals surface area contributed by atoms with Crippen molar-refractivity contribution in [3.63, 3.8) is 0 Å². The molecule has 3 rings (SSSR count). The van der Waals surface area contributed by atoms with Gasteiger partial charge in [-0.15, -0.1) is 0 Å². The molecule has 0 unspecified atom stereocenters. The molecular formula is C19H18Cl3FN2O4S. The Morgan fingerprint density at radius 1 is 0.967 bits per heavy atom. The van der Waals surface area contributed by atoms with Crippen LogP contribution in [0.15, 0.2) is 41.3 Å². The van der Waals surface area contributed by atoms with Crippen molar-refractivity contribution in [3.8, 4) is 5.75 Å². The number of sulfonamides is 1. The van der Waals surface area contributed by atoms with Gasteiger partial charge in [0.25, 0.3) is 5.91 Å². The lowest BCUT2D eigenvalue weighted by Crippen LogP contribution is -2.39. The van der Waals surface area contributed by atoms with Gasteiger partial charge < -0.3 is 9.64 Å². The van der Waals surface area contributed by atoms with Gasteiger partial charge in [-0.1, -0.05) is 34.8 Å². The van der Waals surface area contributed by atoms with E-state index in [4.69, 9.17) is 39.5 Å². The van der Waals surface area contributed by atoms with Gasteiger partial charge in [0.05, 0.1) is 20.0 Å². The molecule has 0 spiro atoms. The van der Waals surface area contributed by atoms with Gasteiger partial charge in [0, 0.05) is 32.2 Å². The number of nitrogens with zero attached hydrogens (tertiary/aromatic N) is 2. The molecule has 0 aromatic heterocycles. The van der Waals surface area contributed by atoms with Gasteiger partial charge >= 0.3 is 0 Å². The number of halogens is 4. The summed E-state index contributed by atoms with van der Waals surface area (Å²) in [6, 6.07) is 7.52. The Kier molecular flexibility index (Phi) is 7.47. The highest BCUT2D eigenvalue weighted by molar-refractivity contribution is 7.89. The van der Waals surface area contributed by atoms with Crippen molar-refractivity contribution in [3.05, 3.63) is 57.3 Å². The number of amides is 1. The number of hydrogen-bond acceptors (Lipinski definition) is 4. The van der Waals surface area contributed by atoms with E-state index in [-0.39, 0.29) is 57.9 Å². The number of benzene rings is 2. The van der Waals surface area contributed by atoms with Crippen molar-refractivity contribution in [1.29, 1.82) is 0 Å². The SMILES string of the molecule is O=C(COc1cc(Cl)c(Cl)cc1Cl)N1CCCN(S(=O)(=O)c2ccc(F)cc2)CC1. The zero-order valence-corrected chi connectivity index (χ0v) is 18.7. The zero-order chi connectivity index (χ0) is 21.9. The molecule has 0 aliphatic carbocycles. The van der Waals surface area contributed by atoms with E-state index in [1.807, 2.05) is 0 Å². The molecule has 11 heteroatoms. The number of carbonyl (C=O) groups is 1. The molecule has 30 heavy (non-hydrogen) atoms. The first-order valence-corrected chi connectivity index (χ1v) is 11.6. The molecule has 0 atom stereocenters. The normalized spacial score (nSPS) is 15.7. The van der Waals surface area contributed by atoms with Gasteiger partial charge in [0.2, 0.25) is 10.0 Å². The molecule has 1 saturated heterocycles. The van der Waals surface area contributed by atoms with Crippen LogP contribution in [0.3, 0.4) is 0 Å². The second kappa shape index (κ2) is 9.70. The van der Waals surface area contributed by atoms with Crippen LogP contribution >= 0.6 is 34.8 Å². The molecule has 0 saturated carbocycles. The fourth-order valence-corrected chi connectivity index (χ4v) is 5.05. The van der Waals surface area contributed by atoms with Crippen molar-refractivity contribution >= 4 is 50.7 Å². The van der Waals surface area contributed by atoms with Crippen molar-refractivity contribution in [2.75, 3.05) is 32.8 Å². The molecule has 2 aromatic carbocycles. The van der Waals surface area contributed by atoms with Gasteiger partial charge in [0.15, 0.2) is 6.61 Å². The van der Waals surface area contributed by atoms with Crippen LogP contribution in [0, 0.1) is 5.82 Å². The van der Waals surface area contributed by atoms with Crippen LogP contribution in [-0.4, -0.2) is 56.3 Å². The lowest BCUT2D eigenvalue weighted by atomic mass is 10.3. The molecule has 0 bridgehead atoms. The Hall–Kier alpha value is -1.58. The molecule has 1 aliphatic heterocycles. The summed E-state index contributed by atoms with van der Waals surface area (Å²) < 4.78 is 45.4. The highest BCUT2D eigenvalue weighted by Crippen LogP contribution is 2.33. The third kappa shape index (κ3) is 5.36. The first-order chi connectivity index (χ1) is 14.2. The van der Waals surface area contributed by atoms with Crippen molar-refractivity contribution in [2.24, 2.45) is 0 Å². The van der Waals surface area contributed by atoms with E-state index in [0.717, 1.165) is 12.1 Å². The maximum atomic E-state index is 13.1. The van der Waals surface area contributed by atoms with Crippen molar-refractivity contribution < 1.29 is 22.3 Å². The maximum absolute atomic E-state index is 13.1. The monoisotopic (exact) mass is 494 g/mol. The highest BCUT2D eigenvalue weighted by atomic mass is 35.5. The van der Waals surface area contributed by atoms with E-state index < -0.39 is 15.8 Å². The summed E-state index contributed by atoms with van der Waals surface area (Å²) in [6.45, 7) is 0.689. The molecule has 6 nitrogen and oxygen atoms in total. The minimum absolute atomic E-state index is 0.0151. The molecule has 1 amide bonds. The average molecular weight is 496 g/mol. The van der Waals surface area contributed by atoms with Gasteiger partial charge in [-0.2, -0.15) is 4.31 Å². The predicted molar refractivity (Wildman–Crippen MR) is 113 cm³/mol. The average Bonchev–Trinajstić information content (AvgIpc) is 2.97. The van der Waals surface area contributed by atoms with Crippen LogP contribution in [0.2, 0.25) is 15.1 Å². The number of hydrogen-bond donors (Lipinski definition) is 0. The fraction of sp³-hybridized carbons (Fsp3) is 0.316. The Labute approximate surface area is 189 Å². The van der Waals surface area contributed by atoms with E-state index in [2.05, 4.69) is 0 Å². The number of carbonyl (C=O) groups excluding carboxylic acids is 1.